The first-order valence-electron chi connectivity index (χ1n) is 10.1. The van der Waals surface area contributed by atoms with Gasteiger partial charge in [0.05, 0.1) is 33.4 Å². The molecule has 0 atom stereocenters. The Morgan fingerprint density at radius 1 is 1.06 bits per heavy atom. The SMILES string of the molecule is Cc1nc(-c2cccnc2)sc1-c1ccc2c(n1)C(=NNc1cccc(F)c1)CCC2. The van der Waals surface area contributed by atoms with Gasteiger partial charge in [-0.3, -0.25) is 10.4 Å². The van der Waals surface area contributed by atoms with Crippen LogP contribution in [0.1, 0.15) is 29.8 Å². The van der Waals surface area contributed by atoms with E-state index in [1.165, 1.54) is 17.7 Å². The van der Waals surface area contributed by atoms with Crippen molar-refractivity contribution in [1.82, 2.24) is 15.0 Å². The van der Waals surface area contributed by atoms with Gasteiger partial charge in [-0.1, -0.05) is 12.1 Å². The molecule has 1 aromatic carbocycles. The van der Waals surface area contributed by atoms with E-state index in [-0.39, 0.29) is 5.82 Å². The average molecular weight is 430 g/mol. The molecule has 5 rings (SSSR count). The molecule has 1 aliphatic rings. The van der Waals surface area contributed by atoms with Gasteiger partial charge in [0.25, 0.3) is 0 Å². The summed E-state index contributed by atoms with van der Waals surface area (Å²) < 4.78 is 13.5. The van der Waals surface area contributed by atoms with Gasteiger partial charge in [-0.2, -0.15) is 5.10 Å². The molecule has 0 radical (unpaired) electrons. The Bertz CT molecular complexity index is 1270. The topological polar surface area (TPSA) is 63.1 Å². The quantitative estimate of drug-likeness (QED) is 0.412. The zero-order chi connectivity index (χ0) is 21.2. The third-order valence-electron chi connectivity index (χ3n) is 5.19. The van der Waals surface area contributed by atoms with Crippen LogP contribution in [0, 0.1) is 12.7 Å². The van der Waals surface area contributed by atoms with Crippen molar-refractivity contribution in [2.45, 2.75) is 26.2 Å². The Kier molecular flexibility index (Phi) is 5.26. The molecule has 0 fully saturated rings. The zero-order valence-corrected chi connectivity index (χ0v) is 17.8. The predicted molar refractivity (Wildman–Crippen MR) is 123 cm³/mol. The molecule has 154 valence electrons. The molecule has 7 heteroatoms. The lowest BCUT2D eigenvalue weighted by molar-refractivity contribution is 0.628. The average Bonchev–Trinajstić information content (AvgIpc) is 3.19. The van der Waals surface area contributed by atoms with Crippen LogP contribution in [0.15, 0.2) is 66.0 Å². The summed E-state index contributed by atoms with van der Waals surface area (Å²) in [7, 11) is 0. The van der Waals surface area contributed by atoms with Gasteiger partial charge >= 0.3 is 0 Å². The molecule has 0 unspecified atom stereocenters. The first-order chi connectivity index (χ1) is 15.2. The number of thiazole rings is 1. The number of nitrogens with zero attached hydrogens (tertiary/aromatic N) is 4. The van der Waals surface area contributed by atoms with E-state index in [1.54, 1.807) is 29.7 Å². The molecular weight excluding hydrogens is 409 g/mol. The van der Waals surface area contributed by atoms with Crippen molar-refractivity contribution in [3.05, 3.63) is 83.7 Å². The molecular formula is C24H20FN5S. The van der Waals surface area contributed by atoms with Crippen LogP contribution in [0.5, 0.6) is 0 Å². The number of aryl methyl sites for hydroxylation is 2. The van der Waals surface area contributed by atoms with Crippen LogP contribution < -0.4 is 5.43 Å². The van der Waals surface area contributed by atoms with Crippen LogP contribution in [-0.2, 0) is 6.42 Å². The van der Waals surface area contributed by atoms with E-state index in [0.29, 0.717) is 5.69 Å². The summed E-state index contributed by atoms with van der Waals surface area (Å²) in [6.45, 7) is 2.01. The Hall–Kier alpha value is -3.45. The molecule has 3 heterocycles. The minimum absolute atomic E-state index is 0.292. The first kappa shape index (κ1) is 19.5. The van der Waals surface area contributed by atoms with Gasteiger partial charge < -0.3 is 0 Å². The monoisotopic (exact) mass is 429 g/mol. The van der Waals surface area contributed by atoms with E-state index >= 15 is 0 Å². The van der Waals surface area contributed by atoms with Gasteiger partial charge in [-0.15, -0.1) is 11.3 Å². The highest BCUT2D eigenvalue weighted by atomic mass is 32.1. The Balaban J connectivity index is 1.49. The van der Waals surface area contributed by atoms with Gasteiger partial charge in [-0.05, 0) is 68.1 Å². The highest BCUT2D eigenvalue weighted by Crippen LogP contribution is 2.35. The number of aromatic nitrogens is 3. The second-order valence-corrected chi connectivity index (χ2v) is 8.41. The van der Waals surface area contributed by atoms with Crippen LogP contribution in [0.3, 0.4) is 0 Å². The number of hydrazone groups is 1. The maximum Gasteiger partial charge on any atom is 0.125 e. The number of benzene rings is 1. The van der Waals surface area contributed by atoms with Crippen molar-refractivity contribution in [3.63, 3.8) is 0 Å². The minimum Gasteiger partial charge on any atom is -0.278 e. The van der Waals surface area contributed by atoms with Gasteiger partial charge in [0.1, 0.15) is 10.8 Å². The summed E-state index contributed by atoms with van der Waals surface area (Å²) in [5.41, 5.74) is 9.43. The van der Waals surface area contributed by atoms with Crippen molar-refractivity contribution >= 4 is 22.7 Å². The van der Waals surface area contributed by atoms with E-state index in [0.717, 1.165) is 57.5 Å². The van der Waals surface area contributed by atoms with Crippen molar-refractivity contribution < 1.29 is 4.39 Å². The number of hydrogen-bond donors (Lipinski definition) is 1. The summed E-state index contributed by atoms with van der Waals surface area (Å²) in [6.07, 6.45) is 6.40. The highest BCUT2D eigenvalue weighted by molar-refractivity contribution is 7.18. The Morgan fingerprint density at radius 3 is 2.84 bits per heavy atom. The maximum atomic E-state index is 13.5. The highest BCUT2D eigenvalue weighted by Gasteiger charge is 2.20. The van der Waals surface area contributed by atoms with Crippen LogP contribution >= 0.6 is 11.3 Å². The summed E-state index contributed by atoms with van der Waals surface area (Å²) in [5.74, 6) is -0.292. The van der Waals surface area contributed by atoms with E-state index in [4.69, 9.17) is 9.97 Å². The lowest BCUT2D eigenvalue weighted by atomic mass is 9.94. The third kappa shape index (κ3) is 4.09. The summed E-state index contributed by atoms with van der Waals surface area (Å²) >= 11 is 1.62. The van der Waals surface area contributed by atoms with Crippen molar-refractivity contribution in [1.29, 1.82) is 0 Å². The number of halogens is 1. The van der Waals surface area contributed by atoms with Gasteiger partial charge in [0.15, 0.2) is 0 Å². The van der Waals surface area contributed by atoms with E-state index in [1.807, 2.05) is 25.3 Å². The number of anilines is 1. The number of pyridine rings is 2. The molecule has 31 heavy (non-hydrogen) atoms. The molecule has 5 nitrogen and oxygen atoms in total. The second-order valence-electron chi connectivity index (χ2n) is 7.41. The fourth-order valence-electron chi connectivity index (χ4n) is 3.68. The summed E-state index contributed by atoms with van der Waals surface area (Å²) in [5, 5.41) is 5.50. The maximum absolute atomic E-state index is 13.5. The van der Waals surface area contributed by atoms with Crippen LogP contribution in [0.25, 0.3) is 21.1 Å². The molecule has 1 aliphatic carbocycles. The number of rotatable bonds is 4. The van der Waals surface area contributed by atoms with Crippen molar-refractivity contribution in [3.8, 4) is 21.1 Å². The molecule has 3 aromatic heterocycles. The van der Waals surface area contributed by atoms with Crippen LogP contribution in [0.4, 0.5) is 10.1 Å². The van der Waals surface area contributed by atoms with Gasteiger partial charge in [-0.25, -0.2) is 14.4 Å². The molecule has 0 saturated heterocycles. The summed E-state index contributed by atoms with van der Waals surface area (Å²) in [4.78, 5) is 14.9. The third-order valence-corrected chi connectivity index (χ3v) is 6.42. The molecule has 0 aliphatic heterocycles. The van der Waals surface area contributed by atoms with Crippen molar-refractivity contribution in [2.75, 3.05) is 5.43 Å². The molecule has 1 N–H and O–H groups in total. The number of hydrogen-bond acceptors (Lipinski definition) is 6. The van der Waals surface area contributed by atoms with Crippen molar-refractivity contribution in [2.24, 2.45) is 5.10 Å². The zero-order valence-electron chi connectivity index (χ0n) is 17.0. The minimum atomic E-state index is -0.292. The lowest BCUT2D eigenvalue weighted by Crippen LogP contribution is -2.16. The Morgan fingerprint density at radius 2 is 2.00 bits per heavy atom. The molecule has 0 saturated carbocycles. The van der Waals surface area contributed by atoms with E-state index in [9.17, 15) is 4.39 Å². The lowest BCUT2D eigenvalue weighted by Gasteiger charge is -2.18. The smallest absolute Gasteiger partial charge is 0.125 e. The van der Waals surface area contributed by atoms with E-state index < -0.39 is 0 Å². The first-order valence-corrected chi connectivity index (χ1v) is 11.0. The Labute approximate surface area is 183 Å². The fraction of sp³-hybridized carbons (Fsp3) is 0.167. The van der Waals surface area contributed by atoms with Crippen LogP contribution in [-0.4, -0.2) is 20.7 Å². The molecule has 4 aromatic rings. The molecule has 0 spiro atoms. The van der Waals surface area contributed by atoms with Gasteiger partial charge in [0.2, 0.25) is 0 Å². The van der Waals surface area contributed by atoms with Gasteiger partial charge in [0, 0.05) is 18.0 Å². The van der Waals surface area contributed by atoms with Crippen LogP contribution in [0.2, 0.25) is 0 Å². The summed E-state index contributed by atoms with van der Waals surface area (Å²) in [6, 6.07) is 14.4. The number of fused-ring (bicyclic) bond motifs is 1. The largest absolute Gasteiger partial charge is 0.278 e. The molecule has 0 bridgehead atoms. The fourth-order valence-corrected chi connectivity index (χ4v) is 4.70. The molecule has 0 amide bonds. The normalized spacial score (nSPS) is 14.5. The standard InChI is InChI=1S/C24H20FN5S/c1-15-23(31-24(27-15)17-6-4-12-26-14-17)21-11-10-16-5-2-9-20(22(16)28-21)30-29-19-8-3-7-18(25)13-19/h3-4,6-8,10-14,29H,2,5,9H2,1H3. The second kappa shape index (κ2) is 8.35. The van der Waals surface area contributed by atoms with E-state index in [2.05, 4.69) is 27.6 Å². The number of nitrogens with one attached hydrogen (secondary N) is 1. The predicted octanol–water partition coefficient (Wildman–Crippen LogP) is 5.87.